The molecule has 0 saturated heterocycles. The topological polar surface area (TPSA) is 90.8 Å². The normalized spacial score (nSPS) is 10.7. The van der Waals surface area contributed by atoms with Gasteiger partial charge in [0.1, 0.15) is 0 Å². The molecule has 0 fully saturated rings. The van der Waals surface area contributed by atoms with Crippen LogP contribution in [0.25, 0.3) is 39.5 Å². The van der Waals surface area contributed by atoms with Gasteiger partial charge in [-0.05, 0) is 32.7 Å². The fraction of sp³-hybridized carbons (Fsp3) is 0.333. The Bertz CT molecular complexity index is 2650. The van der Waals surface area contributed by atoms with Crippen LogP contribution in [0.5, 0.6) is 0 Å². The zero-order valence-corrected chi connectivity index (χ0v) is 55.2. The van der Waals surface area contributed by atoms with Crippen LogP contribution < -0.4 is 82.3 Å². The van der Waals surface area contributed by atoms with Crippen LogP contribution in [-0.2, 0) is 0 Å². The van der Waals surface area contributed by atoms with Gasteiger partial charge in [-0.15, -0.1) is 0 Å². The Labute approximate surface area is 492 Å². The Kier molecular flexibility index (Phi) is 31.6. The van der Waals surface area contributed by atoms with E-state index >= 15 is 0 Å². The Morgan fingerprint density at radius 1 is 0.594 bits per heavy atom. The first kappa shape index (κ1) is 63.8. The molecule has 1 aliphatic carbocycles. The van der Waals surface area contributed by atoms with Crippen LogP contribution in [-0.4, -0.2) is 123 Å². The van der Waals surface area contributed by atoms with Crippen LogP contribution >= 0.6 is 45.2 Å². The summed E-state index contributed by atoms with van der Waals surface area (Å²) in [6.07, 6.45) is 0. The summed E-state index contributed by atoms with van der Waals surface area (Å²) in [6.45, 7) is 29.5. The van der Waals surface area contributed by atoms with Crippen LogP contribution in [0.2, 0.25) is 0 Å². The van der Waals surface area contributed by atoms with Crippen LogP contribution in [0.3, 0.4) is 0 Å². The van der Waals surface area contributed by atoms with Gasteiger partial charge in [-0.25, -0.2) is 0 Å². The minimum atomic E-state index is 0. The van der Waals surface area contributed by atoms with E-state index in [2.05, 4.69) is 254 Å². The first-order chi connectivity index (χ1) is 32.1. The van der Waals surface area contributed by atoms with Gasteiger partial charge in [0, 0.05) is 0 Å². The molecule has 15 heteroatoms. The van der Waals surface area contributed by atoms with Gasteiger partial charge < -0.3 is 63.6 Å². The minimum absolute atomic E-state index is 0. The van der Waals surface area contributed by atoms with Crippen molar-refractivity contribution in [2.45, 2.75) is 62.3 Å². The average Bonchev–Trinajstić information content (AvgIpc) is 3.34. The molecule has 372 valence electrons. The summed E-state index contributed by atoms with van der Waals surface area (Å²) in [7, 11) is 0. The third-order valence-corrected chi connectivity index (χ3v) is 19.4. The Morgan fingerprint density at radius 3 is 1.58 bits per heavy atom. The molecule has 69 heavy (non-hydrogen) atoms. The molecule has 3 heterocycles. The van der Waals surface area contributed by atoms with Gasteiger partial charge >= 0.3 is 367 Å². The van der Waals surface area contributed by atoms with Crippen LogP contribution in [0.4, 0.5) is 17.1 Å². The van der Waals surface area contributed by atoms with Crippen molar-refractivity contribution in [1.29, 1.82) is 0 Å². The van der Waals surface area contributed by atoms with Gasteiger partial charge in [0.2, 0.25) is 0 Å². The molecule has 1 aromatic heterocycles. The molecule has 0 spiro atoms. The Balaban J connectivity index is 0.000000319. The molecular formula is C54H69I4N7OSe3. The molecule has 9 rings (SSSR count). The number of aromatic nitrogens is 2. The number of fused-ring (bicyclic) bond motifs is 6. The second-order valence-corrected chi connectivity index (χ2v) is 24.4. The molecule has 8 nitrogen and oxygen atoms in total. The summed E-state index contributed by atoms with van der Waals surface area (Å²) in [5.41, 5.74) is 8.45. The molecule has 0 saturated carbocycles. The monoisotopic (exact) mass is 1580 g/mol. The molecule has 5 aromatic carbocycles. The Morgan fingerprint density at radius 2 is 1.12 bits per heavy atom. The molecule has 0 bridgehead atoms. The quantitative estimate of drug-likeness (QED) is 0.0945. The number of anilines is 3. The molecule has 0 unspecified atom stereocenters. The van der Waals surface area contributed by atoms with E-state index in [4.69, 9.17) is 9.97 Å². The number of hydrogen-bond donors (Lipinski definition) is 2. The van der Waals surface area contributed by atoms with Crippen molar-refractivity contribution < 1.29 is 53.4 Å². The first-order valence-corrected chi connectivity index (χ1v) is 30.6. The maximum absolute atomic E-state index is 4.89. The van der Waals surface area contributed by atoms with Crippen molar-refractivity contribution in [2.75, 3.05) is 69.1 Å². The molecule has 4 N–H and O–H groups in total. The number of nitrogens with zero attached hydrogens (tertiary/aromatic N) is 5. The Hall–Kier alpha value is -1.32. The molecular weight excluding hydrogens is 1510 g/mol. The summed E-state index contributed by atoms with van der Waals surface area (Å²) in [6, 6.07) is 43.6. The van der Waals surface area contributed by atoms with E-state index in [0.29, 0.717) is 44.0 Å². The van der Waals surface area contributed by atoms with Gasteiger partial charge in [0.15, 0.2) is 0 Å². The molecule has 0 radical (unpaired) electrons. The second-order valence-electron chi connectivity index (χ2n) is 15.1. The molecule has 0 atom stereocenters. The van der Waals surface area contributed by atoms with E-state index in [0.717, 1.165) is 61.5 Å². The summed E-state index contributed by atoms with van der Waals surface area (Å²) < 4.78 is 13.5. The predicted octanol–water partition coefficient (Wildman–Crippen LogP) is 3.54. The second kappa shape index (κ2) is 34.2. The van der Waals surface area contributed by atoms with E-state index in [1.54, 1.807) is 0 Å². The van der Waals surface area contributed by atoms with Crippen molar-refractivity contribution in [1.82, 2.24) is 24.8 Å². The van der Waals surface area contributed by atoms with Crippen molar-refractivity contribution in [3.05, 3.63) is 134 Å². The van der Waals surface area contributed by atoms with Gasteiger partial charge in [0.05, 0.1) is 0 Å². The van der Waals surface area contributed by atoms with Crippen LogP contribution in [0.15, 0.2) is 121 Å². The van der Waals surface area contributed by atoms with Gasteiger partial charge in [0.25, 0.3) is 0 Å². The number of nitrogens with one attached hydrogen (secondary N) is 2. The summed E-state index contributed by atoms with van der Waals surface area (Å²) in [4.78, 5) is 14.4. The summed E-state index contributed by atoms with van der Waals surface area (Å²) >= 11 is 5.89. The molecule has 2 aliphatic heterocycles. The van der Waals surface area contributed by atoms with Crippen molar-refractivity contribution in [3.63, 3.8) is 0 Å². The zero-order valence-electron chi connectivity index (χ0n) is 41.4. The standard InChI is InChI=1S/C20H26N3Se.C12H6I2NSe.C12H9NSe.C6H15N.C4H11N.2HI.H2O/c1-5-22(6-2)15-9-11-17-19(13-15)24-20-14-16(23(7-3)8-4)10-12-18(20)21-17;13-7-1-3-9-11(5-7)16-12-6-8(14)2-4-10(12)15-9;1-3-7-11-9(5-1)13-10-6-2-4-8-12(10)14-11;1-4-7(5-2)6-3;1-3-5-4-2;;;/h9-14H,5-8H2,1-4H3;1-6H;1-8,13H;4-6H2,1-3H3;5H,3-4H2,1-2H3;2*1H;1H2/q2*+1;;;;;;/p-2. The van der Waals surface area contributed by atoms with Crippen molar-refractivity contribution in [3.8, 4) is 10.1 Å². The van der Waals surface area contributed by atoms with E-state index in [9.17, 15) is 0 Å². The number of benzene rings is 6. The van der Waals surface area contributed by atoms with Crippen LogP contribution in [0.1, 0.15) is 62.3 Å². The third-order valence-electron chi connectivity index (χ3n) is 11.0. The van der Waals surface area contributed by atoms with Crippen molar-refractivity contribution >= 4 is 144 Å². The van der Waals surface area contributed by atoms with E-state index in [1.807, 2.05) is 0 Å². The molecule has 3 aliphatic rings. The van der Waals surface area contributed by atoms with E-state index in [-0.39, 0.29) is 53.4 Å². The summed E-state index contributed by atoms with van der Waals surface area (Å²) in [5, 5.41) is 7.89. The van der Waals surface area contributed by atoms with Gasteiger partial charge in [-0.2, -0.15) is 0 Å². The number of para-hydroxylation sites is 2. The molecule has 6 aromatic rings. The summed E-state index contributed by atoms with van der Waals surface area (Å²) in [5.74, 6) is 0. The zero-order chi connectivity index (χ0) is 47.4. The van der Waals surface area contributed by atoms with E-state index in [1.165, 1.54) is 75.3 Å². The fourth-order valence-corrected chi connectivity index (χ4v) is 15.6. The molecule has 0 amide bonds. The fourth-order valence-electron chi connectivity index (χ4n) is 7.25. The third kappa shape index (κ3) is 19.2. The average molecular weight is 1580 g/mol. The van der Waals surface area contributed by atoms with E-state index < -0.39 is 0 Å². The van der Waals surface area contributed by atoms with Gasteiger partial charge in [-0.1, -0.05) is 34.6 Å². The first-order valence-electron chi connectivity index (χ1n) is 23.3. The number of halogens is 4. The SMILES string of the molecule is CCN(CC)CC.CCN(CC)c1ccc2nc3ccc(=[N+](CC)CC)cc-3[se]c2c1.CCNCC.Ic1ccc2nc3ccc(I)cc3[se+]c2c1.O.[I-].[I-].c1ccc2c(c1)Nc1ccccc1[Se]2. The maximum atomic E-state index is 4.89. The number of hydrogen-bond acceptors (Lipinski definition) is 6. The van der Waals surface area contributed by atoms with Crippen LogP contribution in [0, 0.1) is 7.14 Å². The predicted molar refractivity (Wildman–Crippen MR) is 314 cm³/mol. The number of rotatable bonds is 10. The van der Waals surface area contributed by atoms with Crippen molar-refractivity contribution in [2.24, 2.45) is 0 Å². The van der Waals surface area contributed by atoms with Gasteiger partial charge in [-0.3, -0.25) is 0 Å².